The van der Waals surface area contributed by atoms with Crippen molar-refractivity contribution in [2.24, 2.45) is 23.7 Å². The molecule has 0 aromatic heterocycles. The fraction of sp³-hybridized carbons (Fsp3) is 0.944. The Hall–Kier alpha value is -1.94. The van der Waals surface area contributed by atoms with Crippen LogP contribution in [0, 0.1) is 23.7 Å². The second-order valence-electron chi connectivity index (χ2n) is 27.5. The fourth-order valence-electron chi connectivity index (χ4n) is 10.7. The van der Waals surface area contributed by atoms with E-state index in [0.717, 1.165) is 109 Å². The van der Waals surface area contributed by atoms with Gasteiger partial charge < -0.3 is 33.8 Å². The number of phosphoric ester groups is 2. The van der Waals surface area contributed by atoms with Crippen LogP contribution in [0.2, 0.25) is 0 Å². The summed E-state index contributed by atoms with van der Waals surface area (Å²) in [5, 5.41) is 10.6. The molecular weight excluding hydrogens is 1190 g/mol. The number of carbonyl (C=O) groups excluding carboxylic acids is 4. The first-order valence-corrected chi connectivity index (χ1v) is 39.7. The van der Waals surface area contributed by atoms with E-state index in [4.69, 9.17) is 37.0 Å². The summed E-state index contributed by atoms with van der Waals surface area (Å²) in [4.78, 5) is 72.4. The van der Waals surface area contributed by atoms with Crippen molar-refractivity contribution < 1.29 is 80.2 Å². The van der Waals surface area contributed by atoms with E-state index in [-0.39, 0.29) is 25.7 Å². The first-order chi connectivity index (χ1) is 43.1. The highest BCUT2D eigenvalue weighted by Crippen LogP contribution is 2.45. The smallest absolute Gasteiger partial charge is 0.462 e. The van der Waals surface area contributed by atoms with E-state index < -0.39 is 97.5 Å². The van der Waals surface area contributed by atoms with Gasteiger partial charge in [0, 0.05) is 25.7 Å². The van der Waals surface area contributed by atoms with Crippen LogP contribution in [0.4, 0.5) is 0 Å². The first kappa shape index (κ1) is 88.1. The molecule has 0 saturated carbocycles. The number of esters is 4. The monoisotopic (exact) mass is 1320 g/mol. The zero-order valence-electron chi connectivity index (χ0n) is 58.8. The van der Waals surface area contributed by atoms with Crippen LogP contribution in [-0.4, -0.2) is 96.7 Å². The van der Waals surface area contributed by atoms with Crippen LogP contribution in [0.3, 0.4) is 0 Å². The Kier molecular flexibility index (Phi) is 59.4. The van der Waals surface area contributed by atoms with Gasteiger partial charge in [0.1, 0.15) is 19.3 Å². The van der Waals surface area contributed by atoms with Crippen molar-refractivity contribution in [3.8, 4) is 0 Å². The number of aliphatic hydroxyl groups is 1. The summed E-state index contributed by atoms with van der Waals surface area (Å²) in [6, 6.07) is 0. The number of carbonyl (C=O) groups is 4. The van der Waals surface area contributed by atoms with Gasteiger partial charge in [-0.05, 0) is 49.4 Å². The quantitative estimate of drug-likeness (QED) is 0.0222. The maximum Gasteiger partial charge on any atom is 0.472 e. The van der Waals surface area contributed by atoms with Gasteiger partial charge in [0.05, 0.1) is 26.4 Å². The van der Waals surface area contributed by atoms with Gasteiger partial charge in [-0.1, -0.05) is 299 Å². The predicted octanol–water partition coefficient (Wildman–Crippen LogP) is 20.1. The molecule has 0 amide bonds. The number of aliphatic hydroxyl groups excluding tert-OH is 1. The molecule has 0 aromatic carbocycles. The summed E-state index contributed by atoms with van der Waals surface area (Å²) in [7, 11) is -9.90. The maximum atomic E-state index is 13.0. The average Bonchev–Trinajstić information content (AvgIpc) is 3.18. The standard InChI is InChI=1S/C71H138O17P2/c1-61(2)47-39-31-23-19-17-15-13-11-9-10-12-14-16-18-20-26-37-45-53-70(75)87-66(57-81-68(73)51-43-35-27-21-24-32-40-48-62(3)4)59-85-89(77,78)83-55-65(72)56-84-90(79,80)86-60-67(58-82-69(74)52-44-36-30-29-34-42-50-64(7)8)88-71(76)54-46-38-28-22-25-33-41-49-63(5)6/h61-67,72H,9-60H2,1-8H3,(H,77,78)(H,79,80)/t65?,66-,67-/m1/s1. The van der Waals surface area contributed by atoms with Crippen molar-refractivity contribution in [2.45, 2.75) is 369 Å². The topological polar surface area (TPSA) is 237 Å². The average molecular weight is 1330 g/mol. The molecule has 0 spiro atoms. The number of phosphoric acid groups is 2. The molecular formula is C71H138O17P2. The molecule has 0 fully saturated rings. The Labute approximate surface area is 549 Å². The Morgan fingerprint density at radius 3 is 0.689 bits per heavy atom. The normalized spacial score (nSPS) is 14.3. The lowest BCUT2D eigenvalue weighted by molar-refractivity contribution is -0.161. The van der Waals surface area contributed by atoms with E-state index in [1.54, 1.807) is 0 Å². The number of rotatable bonds is 68. The van der Waals surface area contributed by atoms with Crippen LogP contribution >= 0.6 is 15.6 Å². The molecule has 0 bridgehead atoms. The molecule has 0 aliphatic rings. The largest absolute Gasteiger partial charge is 0.472 e. The van der Waals surface area contributed by atoms with Crippen molar-refractivity contribution in [1.82, 2.24) is 0 Å². The third-order valence-electron chi connectivity index (χ3n) is 16.3. The Bertz CT molecular complexity index is 1780. The first-order valence-electron chi connectivity index (χ1n) is 36.7. The Morgan fingerprint density at radius 1 is 0.278 bits per heavy atom. The summed E-state index contributed by atoms with van der Waals surface area (Å²) in [6.07, 6.45) is 43.6. The molecule has 0 aromatic rings. The van der Waals surface area contributed by atoms with E-state index in [1.807, 2.05) is 0 Å². The van der Waals surface area contributed by atoms with E-state index in [1.165, 1.54) is 141 Å². The second kappa shape index (κ2) is 60.7. The number of ether oxygens (including phenoxy) is 4. The summed E-state index contributed by atoms with van der Waals surface area (Å²) in [6.45, 7) is 14.0. The summed E-state index contributed by atoms with van der Waals surface area (Å²) in [5.74, 6) is 0.766. The highest BCUT2D eigenvalue weighted by Gasteiger charge is 2.30. The number of hydrogen-bond donors (Lipinski definition) is 3. The highest BCUT2D eigenvalue weighted by atomic mass is 31.2. The van der Waals surface area contributed by atoms with Gasteiger partial charge in [-0.15, -0.1) is 0 Å². The van der Waals surface area contributed by atoms with Crippen molar-refractivity contribution in [2.75, 3.05) is 39.6 Å². The molecule has 90 heavy (non-hydrogen) atoms. The molecule has 3 unspecified atom stereocenters. The number of unbranched alkanes of at least 4 members (excludes halogenated alkanes) is 34. The predicted molar refractivity (Wildman–Crippen MR) is 363 cm³/mol. The van der Waals surface area contributed by atoms with Gasteiger partial charge >= 0.3 is 39.5 Å². The van der Waals surface area contributed by atoms with E-state index in [0.29, 0.717) is 43.4 Å². The Balaban J connectivity index is 5.15. The summed E-state index contributed by atoms with van der Waals surface area (Å²) < 4.78 is 68.2. The van der Waals surface area contributed by atoms with Crippen LogP contribution in [0.5, 0.6) is 0 Å². The lowest BCUT2D eigenvalue weighted by Crippen LogP contribution is -2.30. The molecule has 0 radical (unpaired) electrons. The van der Waals surface area contributed by atoms with E-state index in [9.17, 15) is 43.2 Å². The third-order valence-corrected chi connectivity index (χ3v) is 18.2. The van der Waals surface area contributed by atoms with Gasteiger partial charge in [-0.3, -0.25) is 37.3 Å². The molecule has 5 atom stereocenters. The molecule has 534 valence electrons. The molecule has 0 rings (SSSR count). The Morgan fingerprint density at radius 2 is 0.467 bits per heavy atom. The third kappa shape index (κ3) is 64.8. The van der Waals surface area contributed by atoms with Crippen molar-refractivity contribution >= 4 is 39.5 Å². The lowest BCUT2D eigenvalue weighted by atomic mass is 10.0. The molecule has 17 nitrogen and oxygen atoms in total. The summed E-state index contributed by atoms with van der Waals surface area (Å²) in [5.41, 5.74) is 0. The minimum atomic E-state index is -4.95. The minimum Gasteiger partial charge on any atom is -0.462 e. The zero-order valence-corrected chi connectivity index (χ0v) is 60.6. The molecule has 19 heteroatoms. The summed E-state index contributed by atoms with van der Waals surface area (Å²) >= 11 is 0. The number of hydrogen-bond acceptors (Lipinski definition) is 15. The molecule has 3 N–H and O–H groups in total. The zero-order chi connectivity index (χ0) is 66.8. The van der Waals surface area contributed by atoms with Crippen LogP contribution in [0.1, 0.15) is 351 Å². The highest BCUT2D eigenvalue weighted by molar-refractivity contribution is 7.47. The van der Waals surface area contributed by atoms with Gasteiger partial charge in [0.2, 0.25) is 0 Å². The van der Waals surface area contributed by atoms with Gasteiger partial charge in [0.15, 0.2) is 12.2 Å². The minimum absolute atomic E-state index is 0.102. The fourth-order valence-corrected chi connectivity index (χ4v) is 12.2. The van der Waals surface area contributed by atoms with Crippen LogP contribution < -0.4 is 0 Å². The molecule has 0 saturated heterocycles. The van der Waals surface area contributed by atoms with Gasteiger partial charge in [0.25, 0.3) is 0 Å². The second-order valence-corrected chi connectivity index (χ2v) is 30.4. The van der Waals surface area contributed by atoms with Crippen molar-refractivity contribution in [3.63, 3.8) is 0 Å². The van der Waals surface area contributed by atoms with Crippen molar-refractivity contribution in [3.05, 3.63) is 0 Å². The lowest BCUT2D eigenvalue weighted by Gasteiger charge is -2.21. The van der Waals surface area contributed by atoms with Crippen LogP contribution in [0.25, 0.3) is 0 Å². The van der Waals surface area contributed by atoms with E-state index >= 15 is 0 Å². The maximum absolute atomic E-state index is 13.0. The van der Waals surface area contributed by atoms with Crippen LogP contribution in [0.15, 0.2) is 0 Å². The van der Waals surface area contributed by atoms with Crippen LogP contribution in [-0.2, 0) is 65.4 Å². The van der Waals surface area contributed by atoms with Gasteiger partial charge in [-0.2, -0.15) is 0 Å². The molecule has 0 aliphatic heterocycles. The van der Waals surface area contributed by atoms with Gasteiger partial charge in [-0.25, -0.2) is 9.13 Å². The van der Waals surface area contributed by atoms with Crippen molar-refractivity contribution in [1.29, 1.82) is 0 Å². The molecule has 0 heterocycles. The SMILES string of the molecule is CC(C)CCCCCCCCCCCCCCCCCCCCC(=O)O[C@H](COC(=O)CCCCCCCCCC(C)C)COP(=O)(O)OCC(O)COP(=O)(O)OC[C@@H](COC(=O)CCCCCCCCC(C)C)OC(=O)CCCCCCCCCC(C)C. The van der Waals surface area contributed by atoms with E-state index in [2.05, 4.69) is 55.4 Å². The molecule has 0 aliphatic carbocycles.